The summed E-state index contributed by atoms with van der Waals surface area (Å²) in [6, 6.07) is 4.65. The van der Waals surface area contributed by atoms with E-state index in [0.717, 1.165) is 25.6 Å². The Morgan fingerprint density at radius 3 is 2.72 bits per heavy atom. The number of aromatic nitrogens is 2. The summed E-state index contributed by atoms with van der Waals surface area (Å²) in [6.45, 7) is 10.0. The minimum atomic E-state index is -0.771. The zero-order valence-electron chi connectivity index (χ0n) is 21.6. The largest absolute Gasteiger partial charge is 0.488 e. The average molecular weight is 558 g/mol. The van der Waals surface area contributed by atoms with Crippen molar-refractivity contribution < 1.29 is 18.6 Å². The second-order valence-electron chi connectivity index (χ2n) is 10.5. The van der Waals surface area contributed by atoms with Crippen molar-refractivity contribution in [3.8, 4) is 16.9 Å². The molecule has 1 N–H and O–H groups in total. The van der Waals surface area contributed by atoms with Crippen LogP contribution in [0.5, 0.6) is 5.75 Å². The van der Waals surface area contributed by atoms with Gasteiger partial charge in [-0.1, -0.05) is 18.2 Å². The molecule has 206 valence electrons. The summed E-state index contributed by atoms with van der Waals surface area (Å²) in [5, 5.41) is 11.1. The molecular weight excluding hydrogens is 528 g/mol. The molecule has 11 heteroatoms. The van der Waals surface area contributed by atoms with Crippen LogP contribution in [0.3, 0.4) is 0 Å². The number of aliphatic hydroxyl groups excluding tert-OH is 1. The van der Waals surface area contributed by atoms with Crippen molar-refractivity contribution in [3.63, 3.8) is 0 Å². The number of piperazine rings is 1. The Morgan fingerprint density at radius 2 is 2.05 bits per heavy atom. The molecule has 2 unspecified atom stereocenters. The first-order valence-electron chi connectivity index (χ1n) is 13.2. The van der Waals surface area contributed by atoms with Crippen LogP contribution in [0.25, 0.3) is 22.0 Å². The maximum atomic E-state index is 15.0. The van der Waals surface area contributed by atoms with E-state index >= 15 is 4.39 Å². The van der Waals surface area contributed by atoms with Crippen LogP contribution in [-0.4, -0.2) is 82.6 Å². The second kappa shape index (κ2) is 10.2. The van der Waals surface area contributed by atoms with Crippen LogP contribution in [0.15, 0.2) is 41.7 Å². The predicted molar refractivity (Wildman–Crippen MR) is 147 cm³/mol. The summed E-state index contributed by atoms with van der Waals surface area (Å²) < 4.78 is 36.7. The molecule has 3 atom stereocenters. The summed E-state index contributed by atoms with van der Waals surface area (Å²) in [5.74, 6) is -0.714. The highest BCUT2D eigenvalue weighted by Crippen LogP contribution is 2.47. The van der Waals surface area contributed by atoms with Crippen LogP contribution in [0.1, 0.15) is 19.4 Å². The normalized spacial score (nSPS) is 22.4. The first-order valence-corrected chi connectivity index (χ1v) is 13.5. The molecule has 6 rings (SSSR count). The Bertz CT molecular complexity index is 1510. The Hall–Kier alpha value is -3.05. The van der Waals surface area contributed by atoms with Gasteiger partial charge in [-0.05, 0) is 50.7 Å². The van der Waals surface area contributed by atoms with E-state index in [9.17, 15) is 14.3 Å². The number of anilines is 1. The molecule has 1 aromatic heterocycles. The highest BCUT2D eigenvalue weighted by Gasteiger charge is 2.35. The Morgan fingerprint density at radius 1 is 1.26 bits per heavy atom. The van der Waals surface area contributed by atoms with Crippen molar-refractivity contribution in [2.75, 3.05) is 50.8 Å². The minimum Gasteiger partial charge on any atom is -0.488 e. The van der Waals surface area contributed by atoms with Gasteiger partial charge in [0.2, 0.25) is 0 Å². The van der Waals surface area contributed by atoms with Crippen LogP contribution in [-0.2, 0) is 0 Å². The van der Waals surface area contributed by atoms with Crippen molar-refractivity contribution in [2.45, 2.75) is 31.7 Å². The van der Waals surface area contributed by atoms with E-state index in [-0.39, 0.29) is 40.6 Å². The molecule has 3 aliphatic rings. The van der Waals surface area contributed by atoms with E-state index in [0.29, 0.717) is 42.9 Å². The molecule has 2 saturated heterocycles. The molecule has 3 aliphatic heterocycles. The fourth-order valence-electron chi connectivity index (χ4n) is 5.91. The first-order chi connectivity index (χ1) is 18.8. The van der Waals surface area contributed by atoms with Gasteiger partial charge in [-0.3, -0.25) is 9.47 Å². The summed E-state index contributed by atoms with van der Waals surface area (Å²) in [4.78, 5) is 24.5. The van der Waals surface area contributed by atoms with Gasteiger partial charge in [-0.2, -0.15) is 4.98 Å². The van der Waals surface area contributed by atoms with E-state index in [4.69, 9.17) is 16.3 Å². The van der Waals surface area contributed by atoms with Gasteiger partial charge in [-0.15, -0.1) is 0 Å². The van der Waals surface area contributed by atoms with Gasteiger partial charge in [0, 0.05) is 54.8 Å². The summed E-state index contributed by atoms with van der Waals surface area (Å²) >= 11 is 6.80. The predicted octanol–water partition coefficient (Wildman–Crippen LogP) is 3.65. The molecule has 8 nitrogen and oxygen atoms in total. The molecule has 0 spiro atoms. The van der Waals surface area contributed by atoms with Gasteiger partial charge in [-0.25, -0.2) is 13.6 Å². The Labute approximate surface area is 229 Å². The topological polar surface area (TPSA) is 74.1 Å². The standard InChI is InChI=1S/C28H30ClF2N5O3/c1-3-23(37)34-9-10-35(16(2)13-34)27-20-12-21(29)24(19-6-5-17(30)11-22(19)31)26-25(20)36(28(38)32-27)18(15-39-26)14-33-7-4-8-33/h3,5-6,11-12,16,18,23,37H,1,4,7-10,13-15H2,2H3/t16-,18?,23?/m0/s1. The van der Waals surface area contributed by atoms with E-state index in [1.54, 1.807) is 10.6 Å². The number of halogens is 3. The minimum absolute atomic E-state index is 0.0866. The van der Waals surface area contributed by atoms with Gasteiger partial charge in [0.25, 0.3) is 0 Å². The van der Waals surface area contributed by atoms with E-state index in [1.165, 1.54) is 18.2 Å². The number of aliphatic hydroxyl groups is 1. The van der Waals surface area contributed by atoms with Crippen LogP contribution in [0.2, 0.25) is 5.02 Å². The maximum Gasteiger partial charge on any atom is 0.350 e. The van der Waals surface area contributed by atoms with E-state index in [2.05, 4.69) is 16.5 Å². The van der Waals surface area contributed by atoms with Gasteiger partial charge < -0.3 is 19.6 Å². The molecule has 0 radical (unpaired) electrons. The van der Waals surface area contributed by atoms with Crippen LogP contribution < -0.4 is 15.3 Å². The third-order valence-electron chi connectivity index (χ3n) is 8.02. The third-order valence-corrected chi connectivity index (χ3v) is 8.31. The molecule has 2 aromatic carbocycles. The Balaban J connectivity index is 1.54. The Kier molecular flexibility index (Phi) is 6.83. The smallest absolute Gasteiger partial charge is 0.350 e. The molecule has 0 bridgehead atoms. The second-order valence-corrected chi connectivity index (χ2v) is 10.9. The van der Waals surface area contributed by atoms with Gasteiger partial charge in [0.15, 0.2) is 5.75 Å². The monoisotopic (exact) mass is 557 g/mol. The third kappa shape index (κ3) is 4.49. The molecule has 2 fully saturated rings. The fourth-order valence-corrected chi connectivity index (χ4v) is 6.21. The van der Waals surface area contributed by atoms with Crippen molar-refractivity contribution in [1.82, 2.24) is 19.4 Å². The number of likely N-dealkylation sites (tertiary alicyclic amines) is 1. The molecular formula is C28H30ClF2N5O3. The van der Waals surface area contributed by atoms with Gasteiger partial charge >= 0.3 is 5.69 Å². The van der Waals surface area contributed by atoms with Gasteiger partial charge in [0.1, 0.15) is 30.3 Å². The van der Waals surface area contributed by atoms with Gasteiger partial charge in [0.05, 0.1) is 16.6 Å². The zero-order chi connectivity index (χ0) is 27.4. The molecule has 0 amide bonds. The van der Waals surface area contributed by atoms with E-state index < -0.39 is 23.6 Å². The molecule has 4 heterocycles. The lowest BCUT2D eigenvalue weighted by Crippen LogP contribution is -2.55. The zero-order valence-corrected chi connectivity index (χ0v) is 22.4. The number of ether oxygens (including phenoxy) is 1. The number of rotatable bonds is 6. The highest BCUT2D eigenvalue weighted by molar-refractivity contribution is 6.35. The lowest BCUT2D eigenvalue weighted by atomic mass is 9.99. The van der Waals surface area contributed by atoms with Crippen LogP contribution >= 0.6 is 11.6 Å². The number of hydrogen-bond acceptors (Lipinski definition) is 7. The summed E-state index contributed by atoms with van der Waals surface area (Å²) in [6.07, 6.45) is 1.84. The lowest BCUT2D eigenvalue weighted by Gasteiger charge is -2.42. The van der Waals surface area contributed by atoms with E-state index in [1.807, 2.05) is 16.7 Å². The molecule has 0 saturated carbocycles. The van der Waals surface area contributed by atoms with Crippen molar-refractivity contribution in [2.24, 2.45) is 0 Å². The molecule has 39 heavy (non-hydrogen) atoms. The first kappa shape index (κ1) is 26.2. The van der Waals surface area contributed by atoms with Crippen molar-refractivity contribution in [1.29, 1.82) is 0 Å². The lowest BCUT2D eigenvalue weighted by molar-refractivity contribution is 0.0296. The average Bonchev–Trinajstić information content (AvgIpc) is 2.88. The summed E-state index contributed by atoms with van der Waals surface area (Å²) in [5.41, 5.74) is 0.463. The number of nitrogens with zero attached hydrogens (tertiary/aromatic N) is 5. The van der Waals surface area contributed by atoms with Crippen LogP contribution in [0.4, 0.5) is 14.6 Å². The van der Waals surface area contributed by atoms with Crippen LogP contribution in [0, 0.1) is 11.6 Å². The number of benzene rings is 2. The fraction of sp³-hybridized carbons (Fsp3) is 0.429. The number of hydrogen-bond donors (Lipinski definition) is 1. The molecule has 0 aliphatic carbocycles. The van der Waals surface area contributed by atoms with Crippen molar-refractivity contribution >= 4 is 28.3 Å². The highest BCUT2D eigenvalue weighted by atomic mass is 35.5. The summed E-state index contributed by atoms with van der Waals surface area (Å²) in [7, 11) is 0. The van der Waals surface area contributed by atoms with Crippen molar-refractivity contribution in [3.05, 3.63) is 64.1 Å². The SMILES string of the molecule is C=CC(O)N1CCN(c2nc(=O)n3c4c(c(-c5ccc(F)cc5F)c(Cl)cc24)OCC3CN2CCC2)[C@@H](C)C1. The quantitative estimate of drug-likeness (QED) is 0.464. The molecule has 3 aromatic rings. The maximum absolute atomic E-state index is 15.0.